The molecule has 0 aliphatic heterocycles. The van der Waals surface area contributed by atoms with E-state index in [4.69, 9.17) is 4.74 Å². The number of anilines is 1. The first-order valence-electron chi connectivity index (χ1n) is 6.70. The van der Waals surface area contributed by atoms with Crippen LogP contribution in [0.4, 0.5) is 5.69 Å². The molecule has 0 aliphatic carbocycles. The summed E-state index contributed by atoms with van der Waals surface area (Å²) in [5.74, 6) is 0.194. The summed E-state index contributed by atoms with van der Waals surface area (Å²) in [5.41, 5.74) is 1.08. The van der Waals surface area contributed by atoms with Crippen molar-refractivity contribution in [2.24, 2.45) is 0 Å². The third-order valence-electron chi connectivity index (χ3n) is 3.06. The van der Waals surface area contributed by atoms with Crippen LogP contribution >= 0.6 is 31.9 Å². The van der Waals surface area contributed by atoms with Gasteiger partial charge in [-0.2, -0.15) is 5.26 Å². The maximum absolute atomic E-state index is 12.2. The summed E-state index contributed by atoms with van der Waals surface area (Å²) in [6.07, 6.45) is 1.44. The number of halogens is 2. The van der Waals surface area contributed by atoms with Crippen LogP contribution in [0.5, 0.6) is 11.5 Å². The first-order valence-corrected chi connectivity index (χ1v) is 8.28. The van der Waals surface area contributed by atoms with E-state index in [-0.39, 0.29) is 11.3 Å². The van der Waals surface area contributed by atoms with E-state index in [9.17, 15) is 15.2 Å². The number of nitriles is 1. The van der Waals surface area contributed by atoms with E-state index in [1.54, 1.807) is 43.5 Å². The van der Waals surface area contributed by atoms with Gasteiger partial charge in [-0.25, -0.2) is 0 Å². The molecule has 0 radical (unpaired) electrons. The lowest BCUT2D eigenvalue weighted by Gasteiger charge is -2.06. The van der Waals surface area contributed by atoms with Crippen molar-refractivity contribution in [3.05, 3.63) is 56.5 Å². The van der Waals surface area contributed by atoms with Crippen molar-refractivity contribution in [2.75, 3.05) is 12.4 Å². The molecule has 2 rings (SSSR count). The molecule has 24 heavy (non-hydrogen) atoms. The molecule has 0 saturated carbocycles. The Bertz CT molecular complexity index is 817. The summed E-state index contributed by atoms with van der Waals surface area (Å²) in [4.78, 5) is 12.2. The lowest BCUT2D eigenvalue weighted by atomic mass is 10.1. The van der Waals surface area contributed by atoms with Crippen molar-refractivity contribution >= 4 is 49.5 Å². The van der Waals surface area contributed by atoms with Crippen molar-refractivity contribution in [3.63, 3.8) is 0 Å². The molecule has 0 bridgehead atoms. The highest BCUT2D eigenvalue weighted by Gasteiger charge is 2.11. The quantitative estimate of drug-likeness (QED) is 0.530. The predicted octanol–water partition coefficient (Wildman–Crippen LogP) is 4.47. The van der Waals surface area contributed by atoms with Gasteiger partial charge in [0, 0.05) is 5.69 Å². The van der Waals surface area contributed by atoms with Crippen molar-refractivity contribution < 1.29 is 14.6 Å². The lowest BCUT2D eigenvalue weighted by Crippen LogP contribution is -2.13. The van der Waals surface area contributed by atoms with Gasteiger partial charge in [-0.3, -0.25) is 4.79 Å². The summed E-state index contributed by atoms with van der Waals surface area (Å²) in [6.45, 7) is 0. The minimum atomic E-state index is -0.525. The Morgan fingerprint density at radius 3 is 2.33 bits per heavy atom. The highest BCUT2D eigenvalue weighted by atomic mass is 79.9. The van der Waals surface area contributed by atoms with Crippen LogP contribution in [0.2, 0.25) is 0 Å². The van der Waals surface area contributed by atoms with Crippen LogP contribution in [0.1, 0.15) is 5.56 Å². The van der Waals surface area contributed by atoms with Crippen LogP contribution in [-0.2, 0) is 4.79 Å². The molecule has 0 aromatic heterocycles. The Morgan fingerprint density at radius 2 is 1.83 bits per heavy atom. The SMILES string of the molecule is COc1ccc(NC(=O)/C(C#N)=C\c2cc(Br)c(O)c(Br)c2)cc1. The van der Waals surface area contributed by atoms with Crippen LogP contribution in [-0.4, -0.2) is 18.1 Å². The zero-order valence-electron chi connectivity index (χ0n) is 12.5. The second-order valence-electron chi connectivity index (χ2n) is 4.69. The zero-order valence-corrected chi connectivity index (χ0v) is 15.7. The number of ether oxygens (including phenoxy) is 1. The summed E-state index contributed by atoms with van der Waals surface area (Å²) < 4.78 is 5.96. The number of nitrogens with one attached hydrogen (secondary N) is 1. The molecule has 7 heteroatoms. The van der Waals surface area contributed by atoms with Gasteiger partial charge < -0.3 is 15.2 Å². The normalized spacial score (nSPS) is 10.8. The minimum absolute atomic E-state index is 0.0494. The fourth-order valence-corrected chi connectivity index (χ4v) is 3.08. The second kappa shape index (κ2) is 7.99. The van der Waals surface area contributed by atoms with Crippen molar-refractivity contribution in [1.29, 1.82) is 5.26 Å². The molecule has 0 fully saturated rings. The van der Waals surface area contributed by atoms with Gasteiger partial charge in [0.25, 0.3) is 5.91 Å². The number of nitrogens with zero attached hydrogens (tertiary/aromatic N) is 1. The van der Waals surface area contributed by atoms with E-state index in [0.717, 1.165) is 0 Å². The molecule has 5 nitrogen and oxygen atoms in total. The van der Waals surface area contributed by atoms with Gasteiger partial charge in [0.05, 0.1) is 16.1 Å². The smallest absolute Gasteiger partial charge is 0.266 e. The molecular formula is C17H12Br2N2O3. The molecule has 2 N–H and O–H groups in total. The highest BCUT2D eigenvalue weighted by Crippen LogP contribution is 2.34. The number of aromatic hydroxyl groups is 1. The Morgan fingerprint density at radius 1 is 1.25 bits per heavy atom. The number of hydrogen-bond acceptors (Lipinski definition) is 4. The number of carbonyl (C=O) groups excluding carboxylic acids is 1. The summed E-state index contributed by atoms with van der Waals surface area (Å²) in [5, 5.41) is 21.6. The molecule has 1 amide bonds. The van der Waals surface area contributed by atoms with Gasteiger partial charge in [-0.15, -0.1) is 0 Å². The number of phenols is 1. The van der Waals surface area contributed by atoms with Crippen LogP contribution in [0.15, 0.2) is 50.9 Å². The van der Waals surface area contributed by atoms with E-state index in [1.807, 2.05) is 6.07 Å². The topological polar surface area (TPSA) is 82.3 Å². The number of rotatable bonds is 4. The monoisotopic (exact) mass is 450 g/mol. The van der Waals surface area contributed by atoms with E-state index in [1.165, 1.54) is 6.08 Å². The fourth-order valence-electron chi connectivity index (χ4n) is 1.86. The van der Waals surface area contributed by atoms with E-state index < -0.39 is 5.91 Å². The van der Waals surface area contributed by atoms with Crippen molar-refractivity contribution in [3.8, 4) is 17.6 Å². The fraction of sp³-hybridized carbons (Fsp3) is 0.0588. The summed E-state index contributed by atoms with van der Waals surface area (Å²) in [6, 6.07) is 11.9. The first kappa shape index (κ1) is 18.0. The number of amides is 1. The zero-order chi connectivity index (χ0) is 17.7. The Kier molecular flexibility index (Phi) is 6.01. The van der Waals surface area contributed by atoms with Crippen molar-refractivity contribution in [2.45, 2.75) is 0 Å². The first-order chi connectivity index (χ1) is 11.4. The molecule has 0 aliphatic rings. The van der Waals surface area contributed by atoms with Gasteiger partial charge >= 0.3 is 0 Å². The van der Waals surface area contributed by atoms with E-state index in [2.05, 4.69) is 37.2 Å². The Hall–Kier alpha value is -2.30. The molecule has 122 valence electrons. The molecule has 0 atom stereocenters. The Labute approximate surface area is 155 Å². The van der Waals surface area contributed by atoms with Crippen LogP contribution in [0.25, 0.3) is 6.08 Å². The van der Waals surface area contributed by atoms with Crippen LogP contribution in [0.3, 0.4) is 0 Å². The highest BCUT2D eigenvalue weighted by molar-refractivity contribution is 9.11. The summed E-state index contributed by atoms with van der Waals surface area (Å²) >= 11 is 6.42. The van der Waals surface area contributed by atoms with Crippen LogP contribution in [0, 0.1) is 11.3 Å². The molecule has 0 heterocycles. The maximum Gasteiger partial charge on any atom is 0.266 e. The number of phenolic OH excluding ortho intramolecular Hbond substituents is 1. The average molecular weight is 452 g/mol. The number of hydrogen-bond donors (Lipinski definition) is 2. The van der Waals surface area contributed by atoms with E-state index >= 15 is 0 Å². The standard InChI is InChI=1S/C17H12Br2N2O3/c1-24-13-4-2-12(3-5-13)21-17(23)11(9-20)6-10-7-14(18)16(22)15(19)8-10/h2-8,22H,1H3,(H,21,23)/b11-6-. The van der Waals surface area contributed by atoms with Gasteiger partial charge in [0.2, 0.25) is 0 Å². The summed E-state index contributed by atoms with van der Waals surface area (Å²) in [7, 11) is 1.55. The molecule has 0 saturated heterocycles. The van der Waals surface area contributed by atoms with Gasteiger partial charge in [-0.05, 0) is 79.9 Å². The molecule has 2 aromatic rings. The average Bonchev–Trinajstić information content (AvgIpc) is 2.58. The Balaban J connectivity index is 2.23. The van der Waals surface area contributed by atoms with Crippen molar-refractivity contribution in [1.82, 2.24) is 0 Å². The molecule has 0 unspecified atom stereocenters. The third-order valence-corrected chi connectivity index (χ3v) is 4.27. The lowest BCUT2D eigenvalue weighted by molar-refractivity contribution is -0.112. The molecule has 0 spiro atoms. The van der Waals surface area contributed by atoms with Gasteiger partial charge in [-0.1, -0.05) is 0 Å². The maximum atomic E-state index is 12.2. The minimum Gasteiger partial charge on any atom is -0.506 e. The number of benzene rings is 2. The molecular weight excluding hydrogens is 440 g/mol. The number of carbonyl (C=O) groups is 1. The largest absolute Gasteiger partial charge is 0.506 e. The van der Waals surface area contributed by atoms with Crippen LogP contribution < -0.4 is 10.1 Å². The molecule has 2 aromatic carbocycles. The predicted molar refractivity (Wildman–Crippen MR) is 98.7 cm³/mol. The third kappa shape index (κ3) is 4.37. The van der Waals surface area contributed by atoms with Gasteiger partial charge in [0.15, 0.2) is 0 Å². The van der Waals surface area contributed by atoms with E-state index in [0.29, 0.717) is 25.9 Å². The van der Waals surface area contributed by atoms with Gasteiger partial charge in [0.1, 0.15) is 23.1 Å². The number of methoxy groups -OCH3 is 1. The second-order valence-corrected chi connectivity index (χ2v) is 6.39.